The molecule has 1 aliphatic rings. The van der Waals surface area contributed by atoms with Crippen molar-refractivity contribution in [2.45, 2.75) is 6.17 Å². The van der Waals surface area contributed by atoms with Gasteiger partial charge >= 0.3 is 5.97 Å². The molecule has 0 atom stereocenters. The van der Waals surface area contributed by atoms with Crippen molar-refractivity contribution in [3.8, 4) is 11.8 Å². The van der Waals surface area contributed by atoms with Gasteiger partial charge in [0.2, 0.25) is 0 Å². The van der Waals surface area contributed by atoms with Gasteiger partial charge in [0.05, 0.1) is 28.0 Å². The van der Waals surface area contributed by atoms with E-state index in [9.17, 15) is 10.1 Å². The lowest BCUT2D eigenvalue weighted by atomic mass is 10.1. The van der Waals surface area contributed by atoms with Gasteiger partial charge in [0.25, 0.3) is 0 Å². The highest BCUT2D eigenvalue weighted by Gasteiger charge is 2.22. The first-order valence-electron chi connectivity index (χ1n) is 7.45. The van der Waals surface area contributed by atoms with Crippen LogP contribution in [0.25, 0.3) is 6.08 Å². The third kappa shape index (κ3) is 3.84. The molecule has 0 radical (unpaired) electrons. The minimum absolute atomic E-state index is 0.280. The number of anilines is 2. The van der Waals surface area contributed by atoms with E-state index in [4.69, 9.17) is 21.4 Å². The molecule has 0 unspecified atom stereocenters. The monoisotopic (exact) mass is 355 g/mol. The average molecular weight is 356 g/mol. The van der Waals surface area contributed by atoms with Crippen LogP contribution in [0.2, 0.25) is 5.02 Å². The Morgan fingerprint density at radius 3 is 2.52 bits per heavy atom. The summed E-state index contributed by atoms with van der Waals surface area (Å²) in [7, 11) is 0. The van der Waals surface area contributed by atoms with Gasteiger partial charge in [-0.2, -0.15) is 5.26 Å². The number of aliphatic carboxylic acids is 1. The quantitative estimate of drug-likeness (QED) is 0.710. The number of halogens is 1. The fourth-order valence-electron chi connectivity index (χ4n) is 2.46. The maximum Gasteiger partial charge on any atom is 0.341 e. The van der Waals surface area contributed by atoms with E-state index < -0.39 is 12.6 Å². The van der Waals surface area contributed by atoms with Crippen molar-refractivity contribution in [3.05, 3.63) is 58.6 Å². The minimum atomic E-state index is -1.08. The van der Waals surface area contributed by atoms with Crippen LogP contribution < -0.4 is 15.4 Å². The second-order valence-electron chi connectivity index (χ2n) is 5.35. The molecule has 25 heavy (non-hydrogen) atoms. The second-order valence-corrected chi connectivity index (χ2v) is 5.76. The summed E-state index contributed by atoms with van der Waals surface area (Å²) in [6.45, 7) is -0.466. The molecular weight excluding hydrogens is 342 g/mol. The van der Waals surface area contributed by atoms with Gasteiger partial charge in [-0.3, -0.25) is 0 Å². The molecule has 3 N–H and O–H groups in total. The normalized spacial score (nSPS) is 13.4. The molecule has 0 spiro atoms. The molecule has 126 valence electrons. The van der Waals surface area contributed by atoms with Crippen LogP contribution in [-0.4, -0.2) is 23.8 Å². The smallest absolute Gasteiger partial charge is 0.341 e. The van der Waals surface area contributed by atoms with Crippen LogP contribution in [0.5, 0.6) is 5.75 Å². The van der Waals surface area contributed by atoms with Crippen LogP contribution in [-0.2, 0) is 4.79 Å². The molecule has 0 aliphatic carbocycles. The van der Waals surface area contributed by atoms with Gasteiger partial charge in [-0.1, -0.05) is 29.8 Å². The maximum atomic E-state index is 10.5. The molecule has 0 saturated carbocycles. The number of nitrogens with one attached hydrogen (secondary N) is 2. The summed E-state index contributed by atoms with van der Waals surface area (Å²) in [5, 5.41) is 24.9. The summed E-state index contributed by atoms with van der Waals surface area (Å²) < 4.78 is 5.08. The SMILES string of the molecule is N#C/C(=C\c1ccc(OCC(=O)O)c(Cl)c1)C1Nc2ccccc2N1. The molecule has 0 saturated heterocycles. The third-order valence-corrected chi connectivity index (χ3v) is 3.89. The Morgan fingerprint density at radius 1 is 1.28 bits per heavy atom. The Balaban J connectivity index is 1.78. The molecule has 0 amide bonds. The second kappa shape index (κ2) is 7.16. The van der Waals surface area contributed by atoms with E-state index in [1.807, 2.05) is 24.3 Å². The zero-order valence-corrected chi connectivity index (χ0v) is 13.7. The topological polar surface area (TPSA) is 94.4 Å². The Kier molecular flexibility index (Phi) is 4.78. The minimum Gasteiger partial charge on any atom is -0.480 e. The Labute approximate surface area is 149 Å². The standard InChI is InChI=1S/C18H14ClN3O3/c19-13-8-11(5-6-16(13)25-10-17(23)24)7-12(9-20)18-21-14-3-1-2-4-15(14)22-18/h1-8,18,21-22H,10H2,(H,23,24)/b12-7+. The van der Waals surface area contributed by atoms with Crippen LogP contribution >= 0.6 is 11.6 Å². The van der Waals surface area contributed by atoms with E-state index >= 15 is 0 Å². The number of fused-ring (bicyclic) bond motifs is 1. The lowest BCUT2D eigenvalue weighted by molar-refractivity contribution is -0.139. The number of carboxylic acids is 1. The highest BCUT2D eigenvalue weighted by Crippen LogP contribution is 2.31. The molecule has 0 bridgehead atoms. The van der Waals surface area contributed by atoms with Crippen molar-refractivity contribution in [2.75, 3.05) is 17.2 Å². The molecule has 0 aromatic heterocycles. The van der Waals surface area contributed by atoms with Crippen LogP contribution in [0, 0.1) is 11.3 Å². The lowest BCUT2D eigenvalue weighted by Gasteiger charge is -2.11. The Hall–Kier alpha value is -3.17. The number of carboxylic acid groups (broad SMARTS) is 1. The summed E-state index contributed by atoms with van der Waals surface area (Å²) in [4.78, 5) is 10.5. The van der Waals surface area contributed by atoms with E-state index in [0.717, 1.165) is 11.4 Å². The molecule has 3 rings (SSSR count). The number of ether oxygens (including phenoxy) is 1. The molecule has 2 aromatic rings. The fourth-order valence-corrected chi connectivity index (χ4v) is 2.70. The highest BCUT2D eigenvalue weighted by molar-refractivity contribution is 6.32. The zero-order valence-electron chi connectivity index (χ0n) is 13.0. The molecule has 0 fully saturated rings. The van der Waals surface area contributed by atoms with E-state index in [2.05, 4.69) is 16.7 Å². The van der Waals surface area contributed by atoms with Gasteiger partial charge in [0.1, 0.15) is 11.9 Å². The third-order valence-electron chi connectivity index (χ3n) is 3.60. The first-order valence-corrected chi connectivity index (χ1v) is 7.82. The molecule has 6 nitrogen and oxygen atoms in total. The summed E-state index contributed by atoms with van der Waals surface area (Å²) in [6, 6.07) is 14.8. The molecule has 1 heterocycles. The van der Waals surface area contributed by atoms with Gasteiger partial charge in [-0.15, -0.1) is 0 Å². The lowest BCUT2D eigenvalue weighted by Crippen LogP contribution is -2.23. The van der Waals surface area contributed by atoms with Crippen LogP contribution in [0.4, 0.5) is 11.4 Å². The van der Waals surface area contributed by atoms with Crippen molar-refractivity contribution in [1.82, 2.24) is 0 Å². The number of carbonyl (C=O) groups is 1. The number of benzene rings is 2. The maximum absolute atomic E-state index is 10.5. The first kappa shape index (κ1) is 16.7. The summed E-state index contributed by atoms with van der Waals surface area (Å²) in [5.74, 6) is -0.797. The summed E-state index contributed by atoms with van der Waals surface area (Å²) in [5.41, 5.74) is 3.07. The van der Waals surface area contributed by atoms with Gasteiger partial charge in [-0.25, -0.2) is 4.79 Å². The Morgan fingerprint density at radius 2 is 1.96 bits per heavy atom. The zero-order chi connectivity index (χ0) is 17.8. The largest absolute Gasteiger partial charge is 0.480 e. The number of rotatable bonds is 5. The van der Waals surface area contributed by atoms with Gasteiger partial charge in [0.15, 0.2) is 6.61 Å². The molecule has 1 aliphatic heterocycles. The van der Waals surface area contributed by atoms with Crippen molar-refractivity contribution in [3.63, 3.8) is 0 Å². The highest BCUT2D eigenvalue weighted by atomic mass is 35.5. The predicted octanol–water partition coefficient (Wildman–Crippen LogP) is 3.57. The predicted molar refractivity (Wildman–Crippen MR) is 95.6 cm³/mol. The number of hydrogen-bond donors (Lipinski definition) is 3. The number of nitrogens with zero attached hydrogens (tertiary/aromatic N) is 1. The molecular formula is C18H14ClN3O3. The molecule has 7 heteroatoms. The van der Waals surface area contributed by atoms with Gasteiger partial charge in [0, 0.05) is 0 Å². The average Bonchev–Trinajstić information content (AvgIpc) is 3.02. The van der Waals surface area contributed by atoms with E-state index in [0.29, 0.717) is 11.1 Å². The van der Waals surface area contributed by atoms with E-state index in [1.165, 1.54) is 0 Å². The number of hydrogen-bond acceptors (Lipinski definition) is 5. The van der Waals surface area contributed by atoms with Crippen LogP contribution in [0.15, 0.2) is 48.0 Å². The number of para-hydroxylation sites is 2. The Bertz CT molecular complexity index is 864. The molecule has 2 aromatic carbocycles. The van der Waals surface area contributed by atoms with Crippen molar-refractivity contribution in [2.24, 2.45) is 0 Å². The first-order chi connectivity index (χ1) is 12.1. The van der Waals surface area contributed by atoms with Gasteiger partial charge in [-0.05, 0) is 35.9 Å². The van der Waals surface area contributed by atoms with E-state index in [1.54, 1.807) is 24.3 Å². The van der Waals surface area contributed by atoms with Crippen LogP contribution in [0.3, 0.4) is 0 Å². The van der Waals surface area contributed by atoms with Crippen molar-refractivity contribution < 1.29 is 14.6 Å². The van der Waals surface area contributed by atoms with Gasteiger partial charge < -0.3 is 20.5 Å². The van der Waals surface area contributed by atoms with Crippen molar-refractivity contribution >= 4 is 35.0 Å². The summed E-state index contributed by atoms with van der Waals surface area (Å²) >= 11 is 6.11. The number of nitriles is 1. The van der Waals surface area contributed by atoms with Crippen LogP contribution in [0.1, 0.15) is 5.56 Å². The van der Waals surface area contributed by atoms with E-state index in [-0.39, 0.29) is 16.9 Å². The van der Waals surface area contributed by atoms with Crippen molar-refractivity contribution in [1.29, 1.82) is 5.26 Å². The summed E-state index contributed by atoms with van der Waals surface area (Å²) in [6.07, 6.45) is 1.38. The fraction of sp³-hybridized carbons (Fsp3) is 0.111.